The standard InChI is InChI=1S/C25H24F3N3OS2/c1-3-22(23(32)29-19-7-4-6-17(14-19)25(26,27)28)34-21-9-5-8-20(15-21)31-24(33)30-18-12-10-16(2)11-13-18/h4-15,22H,3H2,1-2H3,(H,29,32)(H2,30,31,33). The molecule has 3 rings (SSSR count). The maximum atomic E-state index is 12.9. The monoisotopic (exact) mass is 503 g/mol. The molecule has 0 fully saturated rings. The van der Waals surface area contributed by atoms with E-state index in [9.17, 15) is 18.0 Å². The molecule has 3 aromatic carbocycles. The molecule has 0 saturated carbocycles. The molecule has 3 N–H and O–H groups in total. The predicted octanol–water partition coefficient (Wildman–Crippen LogP) is 7.33. The zero-order valence-electron chi connectivity index (χ0n) is 18.6. The zero-order chi connectivity index (χ0) is 24.7. The van der Waals surface area contributed by atoms with Crippen molar-refractivity contribution in [2.75, 3.05) is 16.0 Å². The molecule has 1 amide bonds. The Morgan fingerprint density at radius 2 is 1.53 bits per heavy atom. The van der Waals surface area contributed by atoms with Crippen LogP contribution < -0.4 is 16.0 Å². The van der Waals surface area contributed by atoms with Crippen LogP contribution in [0.3, 0.4) is 0 Å². The molecule has 0 bridgehead atoms. The molecule has 0 aliphatic carbocycles. The van der Waals surface area contributed by atoms with E-state index in [0.29, 0.717) is 11.5 Å². The summed E-state index contributed by atoms with van der Waals surface area (Å²) in [6, 6.07) is 19.9. The van der Waals surface area contributed by atoms with Gasteiger partial charge in [0.15, 0.2) is 5.11 Å². The van der Waals surface area contributed by atoms with E-state index in [4.69, 9.17) is 12.2 Å². The second-order valence-corrected chi connectivity index (χ2v) is 9.24. The molecule has 0 aliphatic rings. The summed E-state index contributed by atoms with van der Waals surface area (Å²) in [4.78, 5) is 13.6. The molecular weight excluding hydrogens is 479 g/mol. The summed E-state index contributed by atoms with van der Waals surface area (Å²) in [6.45, 7) is 3.86. The number of aryl methyl sites for hydroxylation is 1. The fourth-order valence-electron chi connectivity index (χ4n) is 3.06. The lowest BCUT2D eigenvalue weighted by molar-refractivity contribution is -0.137. The predicted molar refractivity (Wildman–Crippen MR) is 137 cm³/mol. The summed E-state index contributed by atoms with van der Waals surface area (Å²) < 4.78 is 38.8. The van der Waals surface area contributed by atoms with E-state index in [-0.39, 0.29) is 11.6 Å². The Bertz CT molecular complexity index is 1150. The van der Waals surface area contributed by atoms with Gasteiger partial charge < -0.3 is 16.0 Å². The van der Waals surface area contributed by atoms with Crippen molar-refractivity contribution in [2.24, 2.45) is 0 Å². The summed E-state index contributed by atoms with van der Waals surface area (Å²) in [5, 5.41) is 8.79. The van der Waals surface area contributed by atoms with Gasteiger partial charge in [-0.3, -0.25) is 4.79 Å². The molecule has 0 aromatic heterocycles. The summed E-state index contributed by atoms with van der Waals surface area (Å²) in [7, 11) is 0. The highest BCUT2D eigenvalue weighted by atomic mass is 32.2. The molecule has 0 heterocycles. The van der Waals surface area contributed by atoms with Crippen LogP contribution >= 0.6 is 24.0 Å². The van der Waals surface area contributed by atoms with Gasteiger partial charge in [-0.05, 0) is 74.1 Å². The van der Waals surface area contributed by atoms with Crippen LogP contribution in [-0.4, -0.2) is 16.3 Å². The first kappa shape index (κ1) is 25.6. The van der Waals surface area contributed by atoms with Gasteiger partial charge in [0, 0.05) is 22.0 Å². The quantitative estimate of drug-likeness (QED) is 0.233. The van der Waals surface area contributed by atoms with Gasteiger partial charge in [-0.2, -0.15) is 13.2 Å². The van der Waals surface area contributed by atoms with Crippen molar-refractivity contribution in [3.05, 3.63) is 83.9 Å². The van der Waals surface area contributed by atoms with Crippen LogP contribution in [-0.2, 0) is 11.0 Å². The fourth-order valence-corrected chi connectivity index (χ4v) is 4.31. The molecule has 9 heteroatoms. The lowest BCUT2D eigenvalue weighted by atomic mass is 10.2. The van der Waals surface area contributed by atoms with Crippen LogP contribution in [0.25, 0.3) is 0 Å². The average Bonchev–Trinajstić information content (AvgIpc) is 2.79. The number of nitrogens with one attached hydrogen (secondary N) is 3. The number of halogens is 3. The SMILES string of the molecule is CCC(Sc1cccc(NC(=S)Nc2ccc(C)cc2)c1)C(=O)Nc1cccc(C(F)(F)F)c1. The van der Waals surface area contributed by atoms with E-state index in [1.807, 2.05) is 62.4 Å². The Kier molecular flexibility index (Phi) is 8.57. The van der Waals surface area contributed by atoms with E-state index in [1.165, 1.54) is 23.9 Å². The molecule has 0 spiro atoms. The summed E-state index contributed by atoms with van der Waals surface area (Å²) >= 11 is 6.72. The number of amides is 1. The topological polar surface area (TPSA) is 53.2 Å². The summed E-state index contributed by atoms with van der Waals surface area (Å²) in [5.74, 6) is -0.359. The number of hydrogen-bond acceptors (Lipinski definition) is 3. The van der Waals surface area contributed by atoms with E-state index in [2.05, 4.69) is 16.0 Å². The lowest BCUT2D eigenvalue weighted by Crippen LogP contribution is -2.24. The first-order valence-corrected chi connectivity index (χ1v) is 11.8. The molecule has 0 aliphatic heterocycles. The third-order valence-electron chi connectivity index (χ3n) is 4.80. The summed E-state index contributed by atoms with van der Waals surface area (Å²) in [5.41, 5.74) is 2.08. The molecule has 3 aromatic rings. The normalized spacial score (nSPS) is 12.0. The van der Waals surface area contributed by atoms with E-state index in [0.717, 1.165) is 34.0 Å². The molecular formula is C25H24F3N3OS2. The van der Waals surface area contributed by atoms with Gasteiger partial charge in [0.2, 0.25) is 5.91 Å². The first-order chi connectivity index (χ1) is 16.1. The molecule has 0 saturated heterocycles. The minimum Gasteiger partial charge on any atom is -0.332 e. The van der Waals surface area contributed by atoms with Crippen LogP contribution in [0.1, 0.15) is 24.5 Å². The lowest BCUT2D eigenvalue weighted by Gasteiger charge is -2.17. The Morgan fingerprint density at radius 3 is 2.18 bits per heavy atom. The van der Waals surface area contributed by atoms with Crippen molar-refractivity contribution in [3.63, 3.8) is 0 Å². The third kappa shape index (κ3) is 7.50. The van der Waals surface area contributed by atoms with Crippen molar-refractivity contribution in [1.29, 1.82) is 0 Å². The number of rotatable bonds is 7. The minimum absolute atomic E-state index is 0.113. The van der Waals surface area contributed by atoms with Crippen LogP contribution in [0.4, 0.5) is 30.2 Å². The number of thiocarbonyl (C=S) groups is 1. The maximum absolute atomic E-state index is 12.9. The number of benzene rings is 3. The zero-order valence-corrected chi connectivity index (χ0v) is 20.2. The molecule has 0 radical (unpaired) electrons. The number of hydrogen-bond donors (Lipinski definition) is 3. The molecule has 34 heavy (non-hydrogen) atoms. The second-order valence-electron chi connectivity index (χ2n) is 7.56. The van der Waals surface area contributed by atoms with Gasteiger partial charge in [0.25, 0.3) is 0 Å². The van der Waals surface area contributed by atoms with Gasteiger partial charge in [-0.15, -0.1) is 11.8 Å². The largest absolute Gasteiger partial charge is 0.416 e. The van der Waals surface area contributed by atoms with E-state index < -0.39 is 17.0 Å². The molecule has 1 unspecified atom stereocenters. The third-order valence-corrected chi connectivity index (χ3v) is 6.36. The number of carbonyl (C=O) groups is 1. The van der Waals surface area contributed by atoms with E-state index >= 15 is 0 Å². The maximum Gasteiger partial charge on any atom is 0.416 e. The van der Waals surface area contributed by atoms with E-state index in [1.54, 1.807) is 0 Å². The van der Waals surface area contributed by atoms with Crippen molar-refractivity contribution in [2.45, 2.75) is 36.6 Å². The van der Waals surface area contributed by atoms with Crippen molar-refractivity contribution in [1.82, 2.24) is 0 Å². The Morgan fingerprint density at radius 1 is 0.912 bits per heavy atom. The highest BCUT2D eigenvalue weighted by Crippen LogP contribution is 2.32. The number of alkyl halides is 3. The number of anilines is 3. The average molecular weight is 504 g/mol. The Hall–Kier alpha value is -3.04. The van der Waals surface area contributed by atoms with Crippen LogP contribution in [0.5, 0.6) is 0 Å². The van der Waals surface area contributed by atoms with Crippen molar-refractivity contribution >= 4 is 52.1 Å². The Labute approximate surface area is 206 Å². The van der Waals surface area contributed by atoms with Gasteiger partial charge in [0.05, 0.1) is 10.8 Å². The first-order valence-electron chi connectivity index (χ1n) is 10.5. The second kappa shape index (κ2) is 11.4. The molecule has 178 valence electrons. The minimum atomic E-state index is -4.47. The van der Waals surface area contributed by atoms with Gasteiger partial charge in [-0.1, -0.05) is 36.8 Å². The van der Waals surface area contributed by atoms with Crippen molar-refractivity contribution < 1.29 is 18.0 Å². The van der Waals surface area contributed by atoms with Gasteiger partial charge in [-0.25, -0.2) is 0 Å². The molecule has 4 nitrogen and oxygen atoms in total. The van der Waals surface area contributed by atoms with Gasteiger partial charge in [0.1, 0.15) is 0 Å². The highest BCUT2D eigenvalue weighted by Gasteiger charge is 2.30. The smallest absolute Gasteiger partial charge is 0.332 e. The Balaban J connectivity index is 1.62. The van der Waals surface area contributed by atoms with Crippen LogP contribution in [0, 0.1) is 6.92 Å². The highest BCUT2D eigenvalue weighted by molar-refractivity contribution is 8.00. The van der Waals surface area contributed by atoms with Gasteiger partial charge >= 0.3 is 6.18 Å². The van der Waals surface area contributed by atoms with Crippen LogP contribution in [0.15, 0.2) is 77.7 Å². The summed E-state index contributed by atoms with van der Waals surface area (Å²) in [6.07, 6.45) is -3.97. The molecule has 1 atom stereocenters. The van der Waals surface area contributed by atoms with Crippen molar-refractivity contribution in [3.8, 4) is 0 Å². The fraction of sp³-hybridized carbons (Fsp3) is 0.200. The number of carbonyl (C=O) groups excluding carboxylic acids is 1. The number of thioether (sulfide) groups is 1. The van der Waals surface area contributed by atoms with Crippen LogP contribution in [0.2, 0.25) is 0 Å².